The Morgan fingerprint density at radius 3 is 1.01 bits per heavy atom. The Morgan fingerprint density at radius 1 is 0.376 bits per heavy atom. The number of hydrogen-bond donors (Lipinski definition) is 9. The van der Waals surface area contributed by atoms with E-state index in [0.29, 0.717) is 19.3 Å². The van der Waals surface area contributed by atoms with Crippen molar-refractivity contribution in [3.05, 3.63) is 0 Å². The van der Waals surface area contributed by atoms with E-state index in [1.807, 2.05) is 0 Å². The number of aliphatic hydroxyl groups is 2. The van der Waals surface area contributed by atoms with Gasteiger partial charge >= 0.3 is 17.9 Å². The fourth-order valence-electron chi connectivity index (χ4n) is 11.1. The second kappa shape index (κ2) is 63.5. The highest BCUT2D eigenvalue weighted by Crippen LogP contribution is 2.22. The van der Waals surface area contributed by atoms with E-state index in [9.17, 15) is 58.5 Å². The quantitative estimate of drug-likeness (QED) is 0.0202. The van der Waals surface area contributed by atoms with E-state index in [-0.39, 0.29) is 31.8 Å². The minimum absolute atomic E-state index is 0.0733. The molecule has 0 aliphatic heterocycles. The number of nitrogens with two attached hydrogens (primary N) is 1. The van der Waals surface area contributed by atoms with Gasteiger partial charge in [0.2, 0.25) is 35.4 Å². The summed E-state index contributed by atoms with van der Waals surface area (Å²) in [5.41, 5.74) is 5.28. The molecule has 6 atom stereocenters. The number of carboxylic acids is 1. The lowest BCUT2D eigenvalue weighted by Crippen LogP contribution is -2.60. The van der Waals surface area contributed by atoms with Gasteiger partial charge in [-0.1, -0.05) is 290 Å². The Bertz CT molecular complexity index is 1940. The molecule has 0 bridgehead atoms. The van der Waals surface area contributed by atoms with Crippen LogP contribution >= 0.6 is 11.8 Å². The number of aliphatic hydroxyl groups excluding tert-OH is 2. The zero-order valence-electron chi connectivity index (χ0n) is 58.8. The fourth-order valence-corrected chi connectivity index (χ4v) is 12.2. The average Bonchev–Trinajstić information content (AvgIpc) is 2.74. The molecular formula is C72H134N6O14S. The maximum atomic E-state index is 14.2. The summed E-state index contributed by atoms with van der Waals surface area (Å²) in [5.74, 6) is -8.87. The SMILES string of the molecule is CCCCCCCCCCCCCCCCCCOC(=O)CC(SC[C@H](NC(=O)CCCCCCCCCCCCCCC)C(=O)N[C@@H](CO)C(=O)N[C@@H](CO)C(=O)N[C@@H](CC(N)=O)C(=O)N[C@@H](C)C(=O)O)C(=O)OCCCCCCCCCCCCCCCCCC. The number of carbonyl (C=O) groups excluding carboxylic acids is 8. The van der Waals surface area contributed by atoms with E-state index in [2.05, 4.69) is 47.4 Å². The molecule has 0 spiro atoms. The normalized spacial score (nSPS) is 13.2. The third-order valence-corrected chi connectivity index (χ3v) is 18.4. The largest absolute Gasteiger partial charge is 0.480 e. The van der Waals surface area contributed by atoms with E-state index in [1.165, 1.54) is 199 Å². The van der Waals surface area contributed by atoms with Crippen molar-refractivity contribution in [2.75, 3.05) is 32.2 Å². The zero-order chi connectivity index (χ0) is 68.8. The predicted molar refractivity (Wildman–Crippen MR) is 373 cm³/mol. The summed E-state index contributed by atoms with van der Waals surface area (Å²) in [7, 11) is 0. The number of hydrogen-bond acceptors (Lipinski definition) is 14. The van der Waals surface area contributed by atoms with Crippen LogP contribution in [-0.2, 0) is 52.6 Å². The molecule has 0 aromatic rings. The van der Waals surface area contributed by atoms with Crippen LogP contribution in [0.25, 0.3) is 0 Å². The van der Waals surface area contributed by atoms with Crippen LogP contribution in [-0.4, -0.2) is 136 Å². The first kappa shape index (κ1) is 88.5. The fraction of sp³-hybridized carbons (Fsp3) is 0.875. The van der Waals surface area contributed by atoms with Gasteiger partial charge in [-0.05, 0) is 26.2 Å². The Balaban J connectivity index is 6.04. The highest BCUT2D eigenvalue weighted by atomic mass is 32.2. The number of ether oxygens (including phenoxy) is 2. The molecule has 0 fully saturated rings. The number of aliphatic carboxylic acids is 1. The number of carbonyl (C=O) groups is 9. The number of rotatable bonds is 68. The van der Waals surface area contributed by atoms with E-state index in [0.717, 1.165) is 89.3 Å². The van der Waals surface area contributed by atoms with Crippen LogP contribution in [0.2, 0.25) is 0 Å². The standard InChI is InChI=1S/C72H134N6O14S/c1-5-8-11-14-17-20-23-26-28-30-33-36-39-42-45-48-51-91-66(83)54-63(72(90)92-52-49-46-43-40-37-34-31-29-27-24-21-18-15-12-9-6-2)93-57-62(75-65(82)50-47-44-41-38-35-32-25-22-19-16-13-10-7-3)70(87)78-61(56-80)69(86)77-60(55-79)68(85)76-59(53-64(73)81)67(84)74-58(4)71(88)89/h58-63,79-80H,5-57H2,1-4H3,(H2,73,81)(H,74,84)(H,75,82)(H,76,85)(H,77,86)(H,78,87)(H,88,89)/t58-,59-,60-,61-,62-,63?/m0/s1. The van der Waals surface area contributed by atoms with E-state index in [1.54, 1.807) is 0 Å². The molecular weight excluding hydrogens is 1200 g/mol. The number of amides is 6. The molecule has 0 aliphatic rings. The summed E-state index contributed by atoms with van der Waals surface area (Å²) in [4.78, 5) is 118. The summed E-state index contributed by atoms with van der Waals surface area (Å²) in [5, 5.41) is 40.3. The molecule has 542 valence electrons. The van der Waals surface area contributed by atoms with Crippen LogP contribution in [0, 0.1) is 0 Å². The van der Waals surface area contributed by atoms with Gasteiger partial charge in [-0.25, -0.2) is 0 Å². The first-order valence-corrected chi connectivity index (χ1v) is 38.3. The van der Waals surface area contributed by atoms with Gasteiger partial charge in [0.05, 0.1) is 39.3 Å². The third kappa shape index (κ3) is 53.3. The molecule has 0 radical (unpaired) electrons. The van der Waals surface area contributed by atoms with Gasteiger partial charge in [-0.15, -0.1) is 11.8 Å². The van der Waals surface area contributed by atoms with Crippen LogP contribution in [0.4, 0.5) is 0 Å². The van der Waals surface area contributed by atoms with Crippen LogP contribution in [0.15, 0.2) is 0 Å². The second-order valence-corrected chi connectivity index (χ2v) is 27.2. The van der Waals surface area contributed by atoms with Crippen molar-refractivity contribution in [2.45, 2.75) is 371 Å². The monoisotopic (exact) mass is 1340 g/mol. The van der Waals surface area contributed by atoms with Crippen LogP contribution in [0.5, 0.6) is 0 Å². The van der Waals surface area contributed by atoms with Crippen LogP contribution in [0.3, 0.4) is 0 Å². The van der Waals surface area contributed by atoms with Crippen molar-refractivity contribution in [1.29, 1.82) is 0 Å². The van der Waals surface area contributed by atoms with Gasteiger partial charge < -0.3 is 57.1 Å². The van der Waals surface area contributed by atoms with E-state index in [4.69, 9.17) is 15.2 Å². The van der Waals surface area contributed by atoms with Crippen molar-refractivity contribution < 1.29 is 67.9 Å². The minimum atomic E-state index is -1.82. The molecule has 1 unspecified atom stereocenters. The smallest absolute Gasteiger partial charge is 0.325 e. The van der Waals surface area contributed by atoms with Crippen LogP contribution in [0.1, 0.15) is 336 Å². The molecule has 10 N–H and O–H groups in total. The number of esters is 2. The van der Waals surface area contributed by atoms with E-state index < -0.39 is 108 Å². The molecule has 0 saturated heterocycles. The Hall–Kier alpha value is -4.50. The Kier molecular flexibility index (Phi) is 60.5. The summed E-state index contributed by atoms with van der Waals surface area (Å²) in [6, 6.07) is -8.13. The summed E-state index contributed by atoms with van der Waals surface area (Å²) >= 11 is 0.919. The molecule has 93 heavy (non-hydrogen) atoms. The Labute approximate surface area is 566 Å². The Morgan fingerprint density at radius 2 is 0.677 bits per heavy atom. The summed E-state index contributed by atoms with van der Waals surface area (Å²) in [6.45, 7) is 6.08. The molecule has 0 aromatic heterocycles. The third-order valence-electron chi connectivity index (χ3n) is 17.1. The lowest BCUT2D eigenvalue weighted by molar-refractivity contribution is -0.149. The van der Waals surface area contributed by atoms with Crippen molar-refractivity contribution in [3.63, 3.8) is 0 Å². The highest BCUT2D eigenvalue weighted by Gasteiger charge is 2.34. The van der Waals surface area contributed by atoms with Gasteiger partial charge in [-0.3, -0.25) is 43.2 Å². The number of primary amides is 1. The molecule has 0 rings (SSSR count). The number of carboxylic acid groups (broad SMARTS) is 1. The summed E-state index contributed by atoms with van der Waals surface area (Å²) < 4.78 is 11.4. The predicted octanol–water partition coefficient (Wildman–Crippen LogP) is 13.0. The molecule has 0 heterocycles. The lowest BCUT2D eigenvalue weighted by Gasteiger charge is -2.25. The van der Waals surface area contributed by atoms with Gasteiger partial charge in [-0.2, -0.15) is 0 Å². The van der Waals surface area contributed by atoms with Crippen molar-refractivity contribution >= 4 is 65.1 Å². The van der Waals surface area contributed by atoms with Gasteiger partial charge in [0.25, 0.3) is 0 Å². The van der Waals surface area contributed by atoms with Gasteiger partial charge in [0, 0.05) is 12.2 Å². The first-order chi connectivity index (χ1) is 45.0. The first-order valence-electron chi connectivity index (χ1n) is 37.2. The average molecular weight is 1340 g/mol. The van der Waals surface area contributed by atoms with Crippen molar-refractivity contribution in [3.8, 4) is 0 Å². The second-order valence-electron chi connectivity index (χ2n) is 25.9. The van der Waals surface area contributed by atoms with Crippen molar-refractivity contribution in [2.24, 2.45) is 5.73 Å². The molecule has 0 saturated carbocycles. The minimum Gasteiger partial charge on any atom is -0.480 e. The molecule has 0 aliphatic carbocycles. The molecule has 6 amide bonds. The molecule has 20 nitrogen and oxygen atoms in total. The highest BCUT2D eigenvalue weighted by molar-refractivity contribution is 8.00. The topological polar surface area (TPSA) is 319 Å². The van der Waals surface area contributed by atoms with Gasteiger partial charge in [0.15, 0.2) is 0 Å². The zero-order valence-corrected chi connectivity index (χ0v) is 59.6. The maximum Gasteiger partial charge on any atom is 0.325 e. The molecule has 21 heteroatoms. The number of nitrogens with one attached hydrogen (secondary N) is 5. The van der Waals surface area contributed by atoms with E-state index >= 15 is 0 Å². The summed E-state index contributed by atoms with van der Waals surface area (Å²) in [6.07, 6.45) is 51.7. The van der Waals surface area contributed by atoms with Crippen LogP contribution < -0.4 is 32.3 Å². The maximum absolute atomic E-state index is 14.2. The molecule has 0 aromatic carbocycles. The number of unbranched alkanes of at least 4 members (excludes halogenated alkanes) is 42. The number of thioether (sulfide) groups is 1. The van der Waals surface area contributed by atoms with Crippen molar-refractivity contribution in [1.82, 2.24) is 26.6 Å². The lowest BCUT2D eigenvalue weighted by atomic mass is 10.0. The van der Waals surface area contributed by atoms with Gasteiger partial charge in [0.1, 0.15) is 35.5 Å².